The number of hydrogen-bond acceptors (Lipinski definition) is 4. The predicted octanol–water partition coefficient (Wildman–Crippen LogP) is 3.60. The SMILES string of the molecule is COc1ccccc1C(=O)CN(Cc1cccs1)C1CC1. The molecule has 0 aliphatic heterocycles. The van der Waals surface area contributed by atoms with Gasteiger partial charge in [-0.3, -0.25) is 9.69 Å². The van der Waals surface area contributed by atoms with E-state index in [9.17, 15) is 4.79 Å². The van der Waals surface area contributed by atoms with Gasteiger partial charge < -0.3 is 4.74 Å². The molecule has 0 atom stereocenters. The van der Waals surface area contributed by atoms with Gasteiger partial charge in [-0.15, -0.1) is 11.3 Å². The Balaban J connectivity index is 1.72. The molecule has 1 saturated carbocycles. The number of para-hydroxylation sites is 1. The van der Waals surface area contributed by atoms with E-state index in [1.54, 1.807) is 18.4 Å². The molecule has 3 rings (SSSR count). The standard InChI is InChI=1S/C17H19NO2S/c1-20-17-7-3-2-6-15(17)16(19)12-18(13-8-9-13)11-14-5-4-10-21-14/h2-7,10,13H,8-9,11-12H2,1H3. The molecule has 0 N–H and O–H groups in total. The maximum Gasteiger partial charge on any atom is 0.180 e. The summed E-state index contributed by atoms with van der Waals surface area (Å²) >= 11 is 1.75. The summed E-state index contributed by atoms with van der Waals surface area (Å²) in [4.78, 5) is 16.2. The molecular formula is C17H19NO2S. The van der Waals surface area contributed by atoms with Crippen LogP contribution in [-0.2, 0) is 6.54 Å². The Hall–Kier alpha value is -1.65. The number of rotatable bonds is 7. The van der Waals surface area contributed by atoms with Crippen molar-refractivity contribution in [1.29, 1.82) is 0 Å². The highest BCUT2D eigenvalue weighted by Gasteiger charge is 2.31. The highest BCUT2D eigenvalue weighted by atomic mass is 32.1. The van der Waals surface area contributed by atoms with Crippen molar-refractivity contribution in [2.24, 2.45) is 0 Å². The number of hydrogen-bond donors (Lipinski definition) is 0. The van der Waals surface area contributed by atoms with E-state index < -0.39 is 0 Å². The Morgan fingerprint density at radius 2 is 2.10 bits per heavy atom. The zero-order valence-corrected chi connectivity index (χ0v) is 12.9. The molecule has 1 aliphatic carbocycles. The number of methoxy groups -OCH3 is 1. The van der Waals surface area contributed by atoms with Crippen molar-refractivity contribution in [1.82, 2.24) is 4.90 Å². The Morgan fingerprint density at radius 3 is 2.76 bits per heavy atom. The first-order valence-corrected chi connectivity index (χ1v) is 8.08. The Labute approximate surface area is 129 Å². The van der Waals surface area contributed by atoms with Gasteiger partial charge in [-0.1, -0.05) is 18.2 Å². The zero-order chi connectivity index (χ0) is 14.7. The number of benzene rings is 1. The van der Waals surface area contributed by atoms with E-state index in [4.69, 9.17) is 4.74 Å². The van der Waals surface area contributed by atoms with Gasteiger partial charge in [0.25, 0.3) is 0 Å². The van der Waals surface area contributed by atoms with Gasteiger partial charge >= 0.3 is 0 Å². The largest absolute Gasteiger partial charge is 0.496 e. The third kappa shape index (κ3) is 3.52. The van der Waals surface area contributed by atoms with E-state index in [2.05, 4.69) is 22.4 Å². The molecular weight excluding hydrogens is 282 g/mol. The minimum Gasteiger partial charge on any atom is -0.496 e. The first-order chi connectivity index (χ1) is 10.3. The van der Waals surface area contributed by atoms with Gasteiger partial charge in [-0.2, -0.15) is 0 Å². The van der Waals surface area contributed by atoms with Crippen LogP contribution in [0, 0.1) is 0 Å². The van der Waals surface area contributed by atoms with Crippen LogP contribution >= 0.6 is 11.3 Å². The molecule has 0 unspecified atom stereocenters. The Bertz CT molecular complexity index is 605. The van der Waals surface area contributed by atoms with Crippen molar-refractivity contribution in [2.75, 3.05) is 13.7 Å². The molecule has 0 radical (unpaired) electrons. The first kappa shape index (κ1) is 14.3. The quantitative estimate of drug-likeness (QED) is 0.732. The molecule has 1 heterocycles. The minimum atomic E-state index is 0.135. The van der Waals surface area contributed by atoms with E-state index in [0.29, 0.717) is 23.9 Å². The molecule has 0 amide bonds. The minimum absolute atomic E-state index is 0.135. The normalized spacial score (nSPS) is 14.4. The molecule has 110 valence electrons. The number of carbonyl (C=O) groups is 1. The summed E-state index contributed by atoms with van der Waals surface area (Å²) in [5.41, 5.74) is 0.678. The van der Waals surface area contributed by atoms with E-state index >= 15 is 0 Å². The van der Waals surface area contributed by atoms with Gasteiger partial charge in [0.2, 0.25) is 0 Å². The molecule has 1 aliphatic rings. The lowest BCUT2D eigenvalue weighted by Crippen LogP contribution is -2.31. The van der Waals surface area contributed by atoms with Gasteiger partial charge in [0.1, 0.15) is 5.75 Å². The number of Topliss-reactive ketones (excluding diaryl/α,β-unsaturated/α-hetero) is 1. The van der Waals surface area contributed by atoms with Gasteiger partial charge in [0, 0.05) is 17.5 Å². The van der Waals surface area contributed by atoms with Crippen LogP contribution in [0.3, 0.4) is 0 Å². The molecule has 4 heteroatoms. The Kier molecular flexibility index (Phi) is 4.36. The molecule has 2 aromatic rings. The van der Waals surface area contributed by atoms with Crippen LogP contribution in [0.5, 0.6) is 5.75 Å². The predicted molar refractivity (Wildman–Crippen MR) is 85.1 cm³/mol. The van der Waals surface area contributed by atoms with Crippen molar-refractivity contribution >= 4 is 17.1 Å². The van der Waals surface area contributed by atoms with Crippen molar-refractivity contribution in [3.8, 4) is 5.75 Å². The number of carbonyl (C=O) groups excluding carboxylic acids is 1. The van der Waals surface area contributed by atoms with Crippen molar-refractivity contribution in [2.45, 2.75) is 25.4 Å². The maximum atomic E-state index is 12.6. The Morgan fingerprint density at radius 1 is 1.29 bits per heavy atom. The van der Waals surface area contributed by atoms with Crippen LogP contribution < -0.4 is 4.74 Å². The van der Waals surface area contributed by atoms with Crippen LogP contribution in [0.15, 0.2) is 41.8 Å². The summed E-state index contributed by atoms with van der Waals surface area (Å²) in [6.07, 6.45) is 2.40. The second kappa shape index (κ2) is 6.41. The van der Waals surface area contributed by atoms with Crippen LogP contribution in [0.1, 0.15) is 28.1 Å². The fraction of sp³-hybridized carbons (Fsp3) is 0.353. The molecule has 1 aromatic carbocycles. The second-order valence-electron chi connectivity index (χ2n) is 5.34. The summed E-state index contributed by atoms with van der Waals surface area (Å²) in [6.45, 7) is 1.33. The highest BCUT2D eigenvalue weighted by Crippen LogP contribution is 2.30. The number of ketones is 1. The third-order valence-corrected chi connectivity index (χ3v) is 4.62. The van der Waals surface area contributed by atoms with E-state index in [1.807, 2.05) is 24.3 Å². The molecule has 21 heavy (non-hydrogen) atoms. The van der Waals surface area contributed by atoms with Crippen molar-refractivity contribution in [3.05, 3.63) is 52.2 Å². The molecule has 0 spiro atoms. The summed E-state index contributed by atoms with van der Waals surface area (Å²) in [6, 6.07) is 12.2. The van der Waals surface area contributed by atoms with Gasteiger partial charge in [-0.05, 0) is 36.4 Å². The maximum absolute atomic E-state index is 12.6. The molecule has 0 bridgehead atoms. The smallest absolute Gasteiger partial charge is 0.180 e. The van der Waals surface area contributed by atoms with E-state index in [1.165, 1.54) is 17.7 Å². The van der Waals surface area contributed by atoms with E-state index in [0.717, 1.165) is 6.54 Å². The van der Waals surface area contributed by atoms with Crippen LogP contribution in [0.25, 0.3) is 0 Å². The van der Waals surface area contributed by atoms with Crippen LogP contribution in [0.4, 0.5) is 0 Å². The number of thiophene rings is 1. The lowest BCUT2D eigenvalue weighted by Gasteiger charge is -2.20. The summed E-state index contributed by atoms with van der Waals surface area (Å²) in [7, 11) is 1.61. The zero-order valence-electron chi connectivity index (χ0n) is 12.1. The summed E-state index contributed by atoms with van der Waals surface area (Å²) in [5, 5.41) is 2.09. The number of ether oxygens (including phenoxy) is 1. The van der Waals surface area contributed by atoms with Crippen molar-refractivity contribution < 1.29 is 9.53 Å². The topological polar surface area (TPSA) is 29.5 Å². The van der Waals surface area contributed by atoms with Crippen LogP contribution in [-0.4, -0.2) is 30.4 Å². The molecule has 0 saturated heterocycles. The van der Waals surface area contributed by atoms with Gasteiger partial charge in [0.15, 0.2) is 5.78 Å². The van der Waals surface area contributed by atoms with Gasteiger partial charge in [-0.25, -0.2) is 0 Å². The monoisotopic (exact) mass is 301 g/mol. The average molecular weight is 301 g/mol. The fourth-order valence-electron chi connectivity index (χ4n) is 2.50. The molecule has 1 fully saturated rings. The lowest BCUT2D eigenvalue weighted by molar-refractivity contribution is 0.0917. The van der Waals surface area contributed by atoms with Crippen LogP contribution in [0.2, 0.25) is 0 Å². The molecule has 1 aromatic heterocycles. The van der Waals surface area contributed by atoms with Gasteiger partial charge in [0.05, 0.1) is 19.2 Å². The van der Waals surface area contributed by atoms with Crippen molar-refractivity contribution in [3.63, 3.8) is 0 Å². The number of nitrogens with zero attached hydrogens (tertiary/aromatic N) is 1. The lowest BCUT2D eigenvalue weighted by atomic mass is 10.1. The third-order valence-electron chi connectivity index (χ3n) is 3.76. The first-order valence-electron chi connectivity index (χ1n) is 7.20. The summed E-state index contributed by atoms with van der Waals surface area (Å²) < 4.78 is 5.29. The highest BCUT2D eigenvalue weighted by molar-refractivity contribution is 7.09. The van der Waals surface area contributed by atoms with E-state index in [-0.39, 0.29) is 5.78 Å². The average Bonchev–Trinajstić information content (AvgIpc) is 3.24. The molecule has 3 nitrogen and oxygen atoms in total. The summed E-state index contributed by atoms with van der Waals surface area (Å²) in [5.74, 6) is 0.797. The fourth-order valence-corrected chi connectivity index (χ4v) is 3.23. The second-order valence-corrected chi connectivity index (χ2v) is 6.37.